The van der Waals surface area contributed by atoms with Gasteiger partial charge in [0.15, 0.2) is 16.4 Å². The van der Waals surface area contributed by atoms with Crippen LogP contribution in [0.1, 0.15) is 16.4 Å². The van der Waals surface area contributed by atoms with E-state index in [0.717, 1.165) is 0 Å². The summed E-state index contributed by atoms with van der Waals surface area (Å²) >= 11 is 4.98. The number of H-pyrrole nitrogens is 1. The van der Waals surface area contributed by atoms with Crippen LogP contribution in [0.15, 0.2) is 28.7 Å². The first-order valence-electron chi connectivity index (χ1n) is 6.12. The predicted molar refractivity (Wildman–Crippen MR) is 75.7 cm³/mol. The van der Waals surface area contributed by atoms with Crippen LogP contribution in [-0.4, -0.2) is 20.7 Å². The molecule has 0 saturated carbocycles. The Balaban J connectivity index is 1.77. The van der Waals surface area contributed by atoms with E-state index in [1.165, 1.54) is 24.3 Å². The number of nitrogens with zero attached hydrogens (tertiary/aromatic N) is 2. The van der Waals surface area contributed by atoms with Gasteiger partial charge in [0.05, 0.1) is 6.54 Å². The Morgan fingerprint density at radius 3 is 3.05 bits per heavy atom. The van der Waals surface area contributed by atoms with E-state index in [0.29, 0.717) is 21.6 Å². The van der Waals surface area contributed by atoms with Crippen molar-refractivity contribution in [3.05, 3.63) is 46.4 Å². The number of hydrogen-bond acceptors (Lipinski definition) is 4. The van der Waals surface area contributed by atoms with Crippen molar-refractivity contribution < 1.29 is 13.6 Å². The summed E-state index contributed by atoms with van der Waals surface area (Å²) in [5, 5.41) is 9.82. The summed E-state index contributed by atoms with van der Waals surface area (Å²) in [6.45, 7) is 0.202. The summed E-state index contributed by atoms with van der Waals surface area (Å²) in [7, 11) is 1.75. The topological polar surface area (TPSA) is 75.8 Å². The molecule has 8 heteroatoms. The Bertz CT molecular complexity index is 880. The van der Waals surface area contributed by atoms with Crippen molar-refractivity contribution in [1.29, 1.82) is 0 Å². The molecular weight excluding hydrogens is 295 g/mol. The van der Waals surface area contributed by atoms with Crippen molar-refractivity contribution >= 4 is 29.1 Å². The molecule has 2 N–H and O–H groups in total. The maximum absolute atomic E-state index is 13.1. The summed E-state index contributed by atoms with van der Waals surface area (Å²) < 4.78 is 20.6. The van der Waals surface area contributed by atoms with Crippen molar-refractivity contribution in [1.82, 2.24) is 20.1 Å². The molecule has 6 nitrogen and oxygen atoms in total. The van der Waals surface area contributed by atoms with E-state index in [4.69, 9.17) is 16.6 Å². The molecule has 2 aromatic heterocycles. The highest BCUT2D eigenvalue weighted by Crippen LogP contribution is 2.20. The minimum Gasteiger partial charge on any atom is -0.451 e. The van der Waals surface area contributed by atoms with Gasteiger partial charge < -0.3 is 14.3 Å². The third kappa shape index (κ3) is 2.57. The van der Waals surface area contributed by atoms with Gasteiger partial charge in [-0.25, -0.2) is 4.39 Å². The van der Waals surface area contributed by atoms with Gasteiger partial charge in [0.25, 0.3) is 5.91 Å². The lowest BCUT2D eigenvalue weighted by Gasteiger charge is -2.02. The zero-order valence-corrected chi connectivity index (χ0v) is 11.8. The normalized spacial score (nSPS) is 11.0. The van der Waals surface area contributed by atoms with Crippen molar-refractivity contribution in [2.75, 3.05) is 0 Å². The molecule has 0 radical (unpaired) electrons. The second-order valence-corrected chi connectivity index (χ2v) is 4.87. The van der Waals surface area contributed by atoms with Gasteiger partial charge in [-0.1, -0.05) is 0 Å². The van der Waals surface area contributed by atoms with Crippen LogP contribution in [0.4, 0.5) is 4.39 Å². The summed E-state index contributed by atoms with van der Waals surface area (Å²) in [6, 6.07) is 5.57. The van der Waals surface area contributed by atoms with Gasteiger partial charge in [-0.2, -0.15) is 5.10 Å². The van der Waals surface area contributed by atoms with Crippen LogP contribution in [0.25, 0.3) is 11.0 Å². The van der Waals surface area contributed by atoms with Gasteiger partial charge in [-0.3, -0.25) is 9.89 Å². The molecule has 0 aliphatic carbocycles. The number of amides is 1. The Hall–Kier alpha value is -2.48. The number of carbonyl (C=O) groups excluding carboxylic acids is 1. The number of furan rings is 1. The van der Waals surface area contributed by atoms with Crippen LogP contribution in [0, 0.1) is 10.6 Å². The second kappa shape index (κ2) is 5.13. The number of aromatic amines is 1. The van der Waals surface area contributed by atoms with Gasteiger partial charge in [0.2, 0.25) is 0 Å². The molecule has 0 aliphatic rings. The maximum Gasteiger partial charge on any atom is 0.287 e. The van der Waals surface area contributed by atoms with Gasteiger partial charge in [-0.05, 0) is 36.5 Å². The molecule has 0 unspecified atom stereocenters. The van der Waals surface area contributed by atoms with Crippen molar-refractivity contribution in [3.63, 3.8) is 0 Å². The zero-order chi connectivity index (χ0) is 15.0. The fraction of sp³-hybridized carbons (Fsp3) is 0.154. The van der Waals surface area contributed by atoms with Crippen molar-refractivity contribution in [2.45, 2.75) is 6.54 Å². The Kier molecular flexibility index (Phi) is 3.30. The first-order valence-corrected chi connectivity index (χ1v) is 6.53. The fourth-order valence-corrected chi connectivity index (χ4v) is 2.06. The number of aromatic nitrogens is 3. The molecule has 3 aromatic rings. The molecule has 1 aromatic carbocycles. The number of rotatable bonds is 3. The first-order chi connectivity index (χ1) is 10.0. The molecule has 0 bridgehead atoms. The number of halogens is 1. The standard InChI is InChI=1S/C13H11FN4O2S/c1-18-11(16-17-13(18)21)6-15-12(19)10-5-7-4-8(14)2-3-9(7)20-10/h2-5H,6H2,1H3,(H,15,19)(H,17,21). The molecule has 0 spiro atoms. The largest absolute Gasteiger partial charge is 0.451 e. The third-order valence-corrected chi connectivity index (χ3v) is 3.45. The lowest BCUT2D eigenvalue weighted by Crippen LogP contribution is -2.24. The van der Waals surface area contributed by atoms with E-state index in [1.54, 1.807) is 11.6 Å². The minimum absolute atomic E-state index is 0.118. The minimum atomic E-state index is -0.402. The molecule has 21 heavy (non-hydrogen) atoms. The molecule has 2 heterocycles. The molecule has 0 fully saturated rings. The number of fused-ring (bicyclic) bond motifs is 1. The number of hydrogen-bond donors (Lipinski definition) is 2. The summed E-state index contributed by atoms with van der Waals surface area (Å²) in [5.74, 6) is -0.0693. The average molecular weight is 306 g/mol. The van der Waals surface area contributed by atoms with Crippen LogP contribution in [-0.2, 0) is 13.6 Å². The molecule has 1 amide bonds. The summed E-state index contributed by atoms with van der Waals surface area (Å²) in [5.41, 5.74) is 0.458. The molecular formula is C13H11FN4O2S. The Labute approximate surface area is 123 Å². The van der Waals surface area contributed by atoms with E-state index in [9.17, 15) is 9.18 Å². The lowest BCUT2D eigenvalue weighted by atomic mass is 10.2. The van der Waals surface area contributed by atoms with E-state index in [1.807, 2.05) is 0 Å². The molecule has 0 atom stereocenters. The predicted octanol–water partition coefficient (Wildman–Crippen LogP) is 2.29. The Morgan fingerprint density at radius 1 is 1.52 bits per heavy atom. The highest BCUT2D eigenvalue weighted by Gasteiger charge is 2.13. The SMILES string of the molecule is Cn1c(CNC(=O)c2cc3cc(F)ccc3o2)n[nH]c1=S. The summed E-state index contributed by atoms with van der Waals surface area (Å²) in [6.07, 6.45) is 0. The van der Waals surface area contributed by atoms with Crippen molar-refractivity contribution in [2.24, 2.45) is 7.05 Å². The zero-order valence-electron chi connectivity index (χ0n) is 11.0. The molecule has 3 rings (SSSR count). The Morgan fingerprint density at radius 2 is 2.33 bits per heavy atom. The molecule has 0 aliphatic heterocycles. The highest BCUT2D eigenvalue weighted by molar-refractivity contribution is 7.71. The van der Waals surface area contributed by atoms with E-state index >= 15 is 0 Å². The molecule has 108 valence electrons. The second-order valence-electron chi connectivity index (χ2n) is 4.48. The van der Waals surface area contributed by atoms with Crippen molar-refractivity contribution in [3.8, 4) is 0 Å². The average Bonchev–Trinajstić information content (AvgIpc) is 3.01. The van der Waals surface area contributed by atoms with Gasteiger partial charge in [0.1, 0.15) is 11.4 Å². The smallest absolute Gasteiger partial charge is 0.287 e. The van der Waals surface area contributed by atoms with E-state index < -0.39 is 5.91 Å². The fourth-order valence-electron chi connectivity index (χ4n) is 1.91. The lowest BCUT2D eigenvalue weighted by molar-refractivity contribution is 0.0924. The summed E-state index contributed by atoms with van der Waals surface area (Å²) in [4.78, 5) is 12.0. The van der Waals surface area contributed by atoms with Gasteiger partial charge in [0, 0.05) is 12.4 Å². The van der Waals surface area contributed by atoms with Crippen LogP contribution in [0.5, 0.6) is 0 Å². The maximum atomic E-state index is 13.1. The monoisotopic (exact) mass is 306 g/mol. The van der Waals surface area contributed by atoms with E-state index in [-0.39, 0.29) is 18.1 Å². The molecule has 0 saturated heterocycles. The number of nitrogens with one attached hydrogen (secondary N) is 2. The van der Waals surface area contributed by atoms with Crippen LogP contribution in [0.2, 0.25) is 0 Å². The van der Waals surface area contributed by atoms with Crippen LogP contribution in [0.3, 0.4) is 0 Å². The van der Waals surface area contributed by atoms with Gasteiger partial charge >= 0.3 is 0 Å². The number of benzene rings is 1. The van der Waals surface area contributed by atoms with Crippen LogP contribution < -0.4 is 5.32 Å². The highest BCUT2D eigenvalue weighted by atomic mass is 32.1. The van der Waals surface area contributed by atoms with E-state index in [2.05, 4.69) is 15.5 Å². The van der Waals surface area contributed by atoms with Crippen LogP contribution >= 0.6 is 12.2 Å². The van der Waals surface area contributed by atoms with Gasteiger partial charge in [-0.15, -0.1) is 0 Å². The third-order valence-electron chi connectivity index (χ3n) is 3.08. The first kappa shape index (κ1) is 13.5. The quantitative estimate of drug-likeness (QED) is 0.728. The number of carbonyl (C=O) groups is 1.